The Balaban J connectivity index is 1.95. The van der Waals surface area contributed by atoms with Gasteiger partial charge in [0.2, 0.25) is 0 Å². The van der Waals surface area contributed by atoms with Crippen LogP contribution in [-0.2, 0) is 16.1 Å². The van der Waals surface area contributed by atoms with Gasteiger partial charge in [0, 0.05) is 28.7 Å². The van der Waals surface area contributed by atoms with Crippen molar-refractivity contribution in [3.63, 3.8) is 0 Å². The minimum absolute atomic E-state index is 0.0371. The van der Waals surface area contributed by atoms with E-state index in [1.54, 1.807) is 6.20 Å². The summed E-state index contributed by atoms with van der Waals surface area (Å²) in [6, 6.07) is 12.9. The second-order valence-corrected chi connectivity index (χ2v) is 10.2. The summed E-state index contributed by atoms with van der Waals surface area (Å²) in [5.41, 5.74) is 4.29. The second kappa shape index (κ2) is 9.58. The lowest BCUT2D eigenvalue weighted by Gasteiger charge is -2.20. The molecule has 0 aliphatic rings. The summed E-state index contributed by atoms with van der Waals surface area (Å²) in [4.78, 5) is 18.1. The molecule has 0 fully saturated rings. The zero-order chi connectivity index (χ0) is 24.6. The number of fused-ring (bicyclic) bond motifs is 1. The molecule has 4 aromatic rings. The number of anilines is 1. The molecule has 0 unspecified atom stereocenters. The van der Waals surface area contributed by atoms with Crippen molar-refractivity contribution in [1.82, 2.24) is 14.8 Å². The Bertz CT molecular complexity index is 1440. The first-order chi connectivity index (χ1) is 16.2. The maximum Gasteiger partial charge on any atom is 0.282 e. The number of pyridine rings is 1. The monoisotopic (exact) mass is 586 g/mol. The van der Waals surface area contributed by atoms with Crippen molar-refractivity contribution in [3.05, 3.63) is 81.7 Å². The molecule has 8 heteroatoms. The van der Waals surface area contributed by atoms with Gasteiger partial charge < -0.3 is 5.32 Å². The van der Waals surface area contributed by atoms with Gasteiger partial charge in [-0.1, -0.05) is 64.8 Å². The van der Waals surface area contributed by atoms with Crippen LogP contribution in [0, 0.1) is 5.82 Å². The second-order valence-electron chi connectivity index (χ2n) is 9.05. The van der Waals surface area contributed by atoms with Gasteiger partial charge in [0.25, 0.3) is 5.56 Å². The summed E-state index contributed by atoms with van der Waals surface area (Å²) in [5, 5.41) is 9.07. The molecule has 0 amide bonds. The molecular weight excluding hydrogens is 563 g/mol. The van der Waals surface area contributed by atoms with Gasteiger partial charge in [-0.2, -0.15) is 9.78 Å². The third-order valence-corrected chi connectivity index (χ3v) is 6.96. The fourth-order valence-electron chi connectivity index (χ4n) is 3.99. The van der Waals surface area contributed by atoms with Crippen LogP contribution in [0.1, 0.15) is 37.6 Å². The van der Waals surface area contributed by atoms with Gasteiger partial charge in [0.1, 0.15) is 11.6 Å². The van der Waals surface area contributed by atoms with Crippen LogP contribution < -0.4 is 10.9 Å². The van der Waals surface area contributed by atoms with Gasteiger partial charge in [-0.05, 0) is 52.4 Å². The SMILES string of the molecule is CNc1ccc(-c2cccc(-n3ncc4cc(C(C)(C)C)cc(F)c4c3=O)c2CBr)c(CBr)n1. The summed E-state index contributed by atoms with van der Waals surface area (Å²) in [5.74, 6) is 0.237. The first-order valence-corrected chi connectivity index (χ1v) is 13.1. The van der Waals surface area contributed by atoms with Crippen LogP contribution in [0.15, 0.2) is 53.5 Å². The van der Waals surface area contributed by atoms with E-state index < -0.39 is 11.4 Å². The van der Waals surface area contributed by atoms with Crippen molar-refractivity contribution in [3.8, 4) is 16.8 Å². The summed E-state index contributed by atoms with van der Waals surface area (Å²) >= 11 is 7.12. The van der Waals surface area contributed by atoms with E-state index in [1.165, 1.54) is 10.7 Å². The van der Waals surface area contributed by atoms with E-state index in [1.807, 2.05) is 64.2 Å². The molecule has 2 aromatic carbocycles. The molecule has 176 valence electrons. The Morgan fingerprint density at radius 1 is 1.06 bits per heavy atom. The molecule has 0 aliphatic heterocycles. The minimum atomic E-state index is -0.534. The minimum Gasteiger partial charge on any atom is -0.373 e. The van der Waals surface area contributed by atoms with Crippen LogP contribution >= 0.6 is 31.9 Å². The number of benzene rings is 2. The zero-order valence-corrected chi connectivity index (χ0v) is 22.6. The van der Waals surface area contributed by atoms with Crippen molar-refractivity contribution in [2.24, 2.45) is 0 Å². The van der Waals surface area contributed by atoms with Crippen molar-refractivity contribution < 1.29 is 4.39 Å². The molecule has 0 saturated carbocycles. The fraction of sp³-hybridized carbons (Fsp3) is 0.269. The van der Waals surface area contributed by atoms with Gasteiger partial charge in [-0.15, -0.1) is 0 Å². The summed E-state index contributed by atoms with van der Waals surface area (Å²) in [7, 11) is 1.83. The van der Waals surface area contributed by atoms with Crippen LogP contribution in [0.4, 0.5) is 10.2 Å². The lowest BCUT2D eigenvalue weighted by Crippen LogP contribution is -2.23. The number of hydrogen-bond donors (Lipinski definition) is 1. The first kappa shape index (κ1) is 24.5. The number of hydrogen-bond acceptors (Lipinski definition) is 4. The van der Waals surface area contributed by atoms with Gasteiger partial charge in [0.05, 0.1) is 23.0 Å². The topological polar surface area (TPSA) is 59.8 Å². The van der Waals surface area contributed by atoms with Crippen LogP contribution in [0.3, 0.4) is 0 Å². The Kier molecular flexibility index (Phi) is 6.92. The third-order valence-electron chi connectivity index (χ3n) is 5.87. The Morgan fingerprint density at radius 2 is 1.82 bits per heavy atom. The van der Waals surface area contributed by atoms with Crippen molar-refractivity contribution in [2.45, 2.75) is 36.8 Å². The number of alkyl halides is 2. The summed E-state index contributed by atoms with van der Waals surface area (Å²) in [6.45, 7) is 6.03. The van der Waals surface area contributed by atoms with Crippen LogP contribution in [0.5, 0.6) is 0 Å². The van der Waals surface area contributed by atoms with E-state index in [0.29, 0.717) is 21.7 Å². The smallest absolute Gasteiger partial charge is 0.282 e. The highest BCUT2D eigenvalue weighted by molar-refractivity contribution is 9.08. The summed E-state index contributed by atoms with van der Waals surface area (Å²) in [6.07, 6.45) is 1.56. The lowest BCUT2D eigenvalue weighted by atomic mass is 9.86. The van der Waals surface area contributed by atoms with Gasteiger partial charge in [-0.3, -0.25) is 4.79 Å². The molecule has 1 N–H and O–H groups in total. The normalized spacial score (nSPS) is 11.7. The van der Waals surface area contributed by atoms with Crippen LogP contribution in [0.2, 0.25) is 0 Å². The highest BCUT2D eigenvalue weighted by Gasteiger charge is 2.21. The molecule has 0 spiro atoms. The molecule has 2 aromatic heterocycles. The Hall–Kier alpha value is -2.58. The molecule has 0 saturated heterocycles. The number of nitrogens with zero attached hydrogens (tertiary/aromatic N) is 3. The number of halogens is 3. The van der Waals surface area contributed by atoms with Crippen LogP contribution in [0.25, 0.3) is 27.6 Å². The van der Waals surface area contributed by atoms with E-state index in [9.17, 15) is 4.79 Å². The quantitative estimate of drug-likeness (QED) is 0.263. The molecular formula is C26H25Br2FN4O. The van der Waals surface area contributed by atoms with Gasteiger partial charge >= 0.3 is 0 Å². The van der Waals surface area contributed by atoms with Crippen molar-refractivity contribution in [1.29, 1.82) is 0 Å². The largest absolute Gasteiger partial charge is 0.373 e. The standard InChI is InChI=1S/C26H25Br2FN4O/c1-26(2,3)16-10-15-14-31-33(25(34)24(15)20(29)11-16)22-7-5-6-17(19(22)12-27)18-8-9-23(30-4)32-21(18)13-28/h5-11,14H,12-13H2,1-4H3,(H,30,32). The predicted molar refractivity (Wildman–Crippen MR) is 144 cm³/mol. The number of nitrogens with one attached hydrogen (secondary N) is 1. The maximum atomic E-state index is 15.2. The Morgan fingerprint density at radius 3 is 2.47 bits per heavy atom. The van der Waals surface area contributed by atoms with Crippen LogP contribution in [-0.4, -0.2) is 21.8 Å². The molecule has 5 nitrogen and oxygen atoms in total. The first-order valence-electron chi connectivity index (χ1n) is 10.8. The molecule has 0 atom stereocenters. The zero-order valence-electron chi connectivity index (χ0n) is 19.4. The Labute approximate surface area is 214 Å². The average Bonchev–Trinajstić information content (AvgIpc) is 2.82. The van der Waals surface area contributed by atoms with Crippen molar-refractivity contribution in [2.75, 3.05) is 12.4 Å². The predicted octanol–water partition coefficient (Wildman–Crippen LogP) is 6.72. The van der Waals surface area contributed by atoms with Crippen molar-refractivity contribution >= 4 is 48.5 Å². The molecule has 2 heterocycles. The molecule has 4 rings (SSSR count). The maximum absolute atomic E-state index is 15.2. The van der Waals surface area contributed by atoms with E-state index in [0.717, 1.165) is 33.8 Å². The molecule has 0 aliphatic carbocycles. The molecule has 0 radical (unpaired) electrons. The van der Waals surface area contributed by atoms with E-state index >= 15 is 4.39 Å². The number of rotatable bonds is 5. The van der Waals surface area contributed by atoms with Gasteiger partial charge in [0.15, 0.2) is 0 Å². The highest BCUT2D eigenvalue weighted by Crippen LogP contribution is 2.33. The third kappa shape index (κ3) is 4.41. The van der Waals surface area contributed by atoms with E-state index in [4.69, 9.17) is 0 Å². The lowest BCUT2D eigenvalue weighted by molar-refractivity contribution is 0.576. The molecule has 0 bridgehead atoms. The van der Waals surface area contributed by atoms with E-state index in [2.05, 4.69) is 47.3 Å². The van der Waals surface area contributed by atoms with E-state index in [-0.39, 0.29) is 10.8 Å². The van der Waals surface area contributed by atoms with Gasteiger partial charge in [-0.25, -0.2) is 9.37 Å². The fourth-order valence-corrected chi connectivity index (χ4v) is 5.01. The summed E-state index contributed by atoms with van der Waals surface area (Å²) < 4.78 is 16.4. The number of aromatic nitrogens is 3. The molecule has 34 heavy (non-hydrogen) atoms. The average molecular weight is 588 g/mol. The highest BCUT2D eigenvalue weighted by atomic mass is 79.9.